The third kappa shape index (κ3) is 5.14. The lowest BCUT2D eigenvalue weighted by Gasteiger charge is -2.13. The van der Waals surface area contributed by atoms with E-state index in [1.807, 2.05) is 20.2 Å². The fourth-order valence-corrected chi connectivity index (χ4v) is 2.09. The highest BCUT2D eigenvalue weighted by Gasteiger charge is 2.46. The Morgan fingerprint density at radius 3 is 2.76 bits per heavy atom. The highest BCUT2D eigenvalue weighted by molar-refractivity contribution is 14.0. The standard InChI is InChI=1S/C14H25N5O.HI/c1-5-15-13(18-12-6-14(12,2)3)16-8-11(20)10-7-17-19(4)9-10;/h7,9,11-12,20H,5-6,8H2,1-4H3,(H2,15,16,18);1H. The van der Waals surface area contributed by atoms with E-state index in [4.69, 9.17) is 0 Å². The van der Waals surface area contributed by atoms with Crippen LogP contribution in [0.4, 0.5) is 0 Å². The lowest BCUT2D eigenvalue weighted by Crippen LogP contribution is -2.40. The SMILES string of the molecule is CCNC(=NCC(O)c1cnn(C)c1)NC1CC1(C)C.I. The van der Waals surface area contributed by atoms with Crippen molar-refractivity contribution in [2.45, 2.75) is 39.3 Å². The summed E-state index contributed by atoms with van der Waals surface area (Å²) in [5.41, 5.74) is 1.14. The fourth-order valence-electron chi connectivity index (χ4n) is 2.09. The van der Waals surface area contributed by atoms with Gasteiger partial charge in [0.2, 0.25) is 0 Å². The van der Waals surface area contributed by atoms with E-state index in [2.05, 4.69) is 34.6 Å². The first-order chi connectivity index (χ1) is 9.42. The Labute approximate surface area is 143 Å². The predicted octanol–water partition coefficient (Wildman–Crippen LogP) is 1.43. The van der Waals surface area contributed by atoms with Crippen molar-refractivity contribution in [3.63, 3.8) is 0 Å². The van der Waals surface area contributed by atoms with Gasteiger partial charge in [-0.1, -0.05) is 13.8 Å². The molecule has 1 heterocycles. The van der Waals surface area contributed by atoms with E-state index in [0.717, 1.165) is 24.5 Å². The molecule has 120 valence electrons. The van der Waals surface area contributed by atoms with Gasteiger partial charge in [0.05, 0.1) is 12.7 Å². The van der Waals surface area contributed by atoms with Gasteiger partial charge in [-0.25, -0.2) is 0 Å². The second-order valence-electron chi connectivity index (χ2n) is 6.07. The first-order valence-corrected chi connectivity index (χ1v) is 7.14. The van der Waals surface area contributed by atoms with Crippen LogP contribution in [0.2, 0.25) is 0 Å². The summed E-state index contributed by atoms with van der Waals surface area (Å²) in [6.07, 6.45) is 4.02. The van der Waals surface area contributed by atoms with E-state index in [0.29, 0.717) is 18.0 Å². The molecule has 1 aromatic heterocycles. The maximum Gasteiger partial charge on any atom is 0.191 e. The summed E-state index contributed by atoms with van der Waals surface area (Å²) < 4.78 is 1.68. The predicted molar refractivity (Wildman–Crippen MR) is 94.9 cm³/mol. The van der Waals surface area contributed by atoms with Crippen molar-refractivity contribution in [2.24, 2.45) is 17.5 Å². The first kappa shape index (κ1) is 18.2. The van der Waals surface area contributed by atoms with Gasteiger partial charge < -0.3 is 15.7 Å². The number of halogens is 1. The lowest BCUT2D eigenvalue weighted by atomic mass is 10.2. The minimum atomic E-state index is -0.619. The van der Waals surface area contributed by atoms with Crippen LogP contribution in [0.3, 0.4) is 0 Å². The maximum atomic E-state index is 10.1. The minimum Gasteiger partial charge on any atom is -0.386 e. The number of hydrogen-bond acceptors (Lipinski definition) is 3. The van der Waals surface area contributed by atoms with Gasteiger partial charge in [0.25, 0.3) is 0 Å². The zero-order chi connectivity index (χ0) is 14.8. The van der Waals surface area contributed by atoms with Gasteiger partial charge >= 0.3 is 0 Å². The molecule has 7 heteroatoms. The molecule has 0 amide bonds. The van der Waals surface area contributed by atoms with Gasteiger partial charge in [0.1, 0.15) is 6.10 Å². The number of nitrogens with zero attached hydrogens (tertiary/aromatic N) is 3. The summed E-state index contributed by atoms with van der Waals surface area (Å²) in [5.74, 6) is 0.769. The van der Waals surface area contributed by atoms with Gasteiger partial charge in [0.15, 0.2) is 5.96 Å². The van der Waals surface area contributed by atoms with Crippen LogP contribution >= 0.6 is 24.0 Å². The average molecular weight is 407 g/mol. The highest BCUT2D eigenvalue weighted by Crippen LogP contribution is 2.44. The third-order valence-electron chi connectivity index (χ3n) is 3.70. The van der Waals surface area contributed by atoms with Crippen molar-refractivity contribution >= 4 is 29.9 Å². The topological polar surface area (TPSA) is 74.5 Å². The minimum absolute atomic E-state index is 0. The van der Waals surface area contributed by atoms with E-state index >= 15 is 0 Å². The fraction of sp³-hybridized carbons (Fsp3) is 0.714. The largest absolute Gasteiger partial charge is 0.386 e. The van der Waals surface area contributed by atoms with Crippen molar-refractivity contribution in [3.05, 3.63) is 18.0 Å². The van der Waals surface area contributed by atoms with Gasteiger partial charge in [0, 0.05) is 31.4 Å². The molecule has 21 heavy (non-hydrogen) atoms. The molecule has 0 spiro atoms. The molecule has 2 unspecified atom stereocenters. The molecule has 1 aliphatic carbocycles. The van der Waals surface area contributed by atoms with Crippen LogP contribution in [0.25, 0.3) is 0 Å². The summed E-state index contributed by atoms with van der Waals surface area (Å²) in [6.45, 7) is 7.64. The molecular weight excluding hydrogens is 381 g/mol. The summed E-state index contributed by atoms with van der Waals surface area (Å²) in [4.78, 5) is 4.45. The molecule has 6 nitrogen and oxygen atoms in total. The molecule has 0 aromatic carbocycles. The Kier molecular flexibility index (Phi) is 6.45. The normalized spacial score (nSPS) is 21.4. The number of aliphatic hydroxyl groups is 1. The molecule has 0 radical (unpaired) electrons. The third-order valence-corrected chi connectivity index (χ3v) is 3.70. The number of aromatic nitrogens is 2. The molecule has 0 saturated heterocycles. The smallest absolute Gasteiger partial charge is 0.191 e. The highest BCUT2D eigenvalue weighted by atomic mass is 127. The van der Waals surface area contributed by atoms with Crippen molar-refractivity contribution in [2.75, 3.05) is 13.1 Å². The van der Waals surface area contributed by atoms with Crippen LogP contribution in [-0.2, 0) is 7.05 Å². The number of guanidine groups is 1. The van der Waals surface area contributed by atoms with Gasteiger partial charge in [-0.3, -0.25) is 9.67 Å². The van der Waals surface area contributed by atoms with Crippen LogP contribution in [0.5, 0.6) is 0 Å². The molecule has 1 aromatic rings. The quantitative estimate of drug-likeness (QED) is 0.392. The molecule has 1 fully saturated rings. The second kappa shape index (κ2) is 7.44. The number of aliphatic hydroxyl groups excluding tert-OH is 1. The first-order valence-electron chi connectivity index (χ1n) is 7.14. The van der Waals surface area contributed by atoms with Crippen LogP contribution in [-0.4, -0.2) is 40.0 Å². The number of rotatable bonds is 5. The zero-order valence-corrected chi connectivity index (χ0v) is 15.5. The Balaban J connectivity index is 0.00000220. The Bertz CT molecular complexity index is 485. The maximum absolute atomic E-state index is 10.1. The molecule has 1 saturated carbocycles. The van der Waals surface area contributed by atoms with Gasteiger partial charge in [-0.05, 0) is 18.8 Å². The van der Waals surface area contributed by atoms with Crippen LogP contribution < -0.4 is 10.6 Å². The number of aliphatic imine (C=N–C) groups is 1. The van der Waals surface area contributed by atoms with Crippen molar-refractivity contribution in [3.8, 4) is 0 Å². The summed E-state index contributed by atoms with van der Waals surface area (Å²) in [7, 11) is 1.83. The van der Waals surface area contributed by atoms with Crippen LogP contribution in [0.15, 0.2) is 17.4 Å². The van der Waals surface area contributed by atoms with E-state index in [1.165, 1.54) is 0 Å². The summed E-state index contributed by atoms with van der Waals surface area (Å²) in [6, 6.07) is 0.468. The zero-order valence-electron chi connectivity index (χ0n) is 13.1. The summed E-state index contributed by atoms with van der Waals surface area (Å²) >= 11 is 0. The van der Waals surface area contributed by atoms with Crippen molar-refractivity contribution in [1.82, 2.24) is 20.4 Å². The van der Waals surface area contributed by atoms with E-state index in [1.54, 1.807) is 10.9 Å². The molecule has 2 atom stereocenters. The van der Waals surface area contributed by atoms with E-state index in [-0.39, 0.29) is 24.0 Å². The Morgan fingerprint density at radius 2 is 2.29 bits per heavy atom. The van der Waals surface area contributed by atoms with Gasteiger partial charge in [-0.15, -0.1) is 24.0 Å². The van der Waals surface area contributed by atoms with Crippen molar-refractivity contribution < 1.29 is 5.11 Å². The summed E-state index contributed by atoms with van der Waals surface area (Å²) in [5, 5.41) is 20.8. The van der Waals surface area contributed by atoms with Crippen molar-refractivity contribution in [1.29, 1.82) is 0 Å². The molecule has 0 bridgehead atoms. The number of hydrogen-bond donors (Lipinski definition) is 3. The van der Waals surface area contributed by atoms with Gasteiger partial charge in [-0.2, -0.15) is 5.10 Å². The molecule has 1 aliphatic rings. The Morgan fingerprint density at radius 1 is 1.62 bits per heavy atom. The molecule has 0 aliphatic heterocycles. The van der Waals surface area contributed by atoms with Crippen LogP contribution in [0.1, 0.15) is 38.9 Å². The number of nitrogens with one attached hydrogen (secondary N) is 2. The monoisotopic (exact) mass is 407 g/mol. The van der Waals surface area contributed by atoms with E-state index in [9.17, 15) is 5.11 Å². The lowest BCUT2D eigenvalue weighted by molar-refractivity contribution is 0.187. The van der Waals surface area contributed by atoms with E-state index < -0.39 is 6.10 Å². The molecule has 3 N–H and O–H groups in total. The number of aryl methyl sites for hydroxylation is 1. The second-order valence-corrected chi connectivity index (χ2v) is 6.07. The average Bonchev–Trinajstić information content (AvgIpc) is 2.78. The Hall–Kier alpha value is -0.830. The molecule has 2 rings (SSSR count). The van der Waals surface area contributed by atoms with Crippen LogP contribution in [0, 0.1) is 5.41 Å². The molecular formula is C14H26IN5O.